The number of aryl methyl sites for hydroxylation is 1. The number of anilines is 1. The van der Waals surface area contributed by atoms with Gasteiger partial charge >= 0.3 is 0 Å². The topological polar surface area (TPSA) is 123 Å². The van der Waals surface area contributed by atoms with Gasteiger partial charge in [-0.2, -0.15) is 5.10 Å². The zero-order valence-electron chi connectivity index (χ0n) is 20.3. The Balaban J connectivity index is 0.000000186. The number of rotatable bonds is 4. The minimum absolute atomic E-state index is 0.132. The smallest absolute Gasteiger partial charge is 0.246 e. The van der Waals surface area contributed by atoms with Gasteiger partial charge in [-0.1, -0.05) is 12.6 Å². The summed E-state index contributed by atoms with van der Waals surface area (Å²) in [6, 6.07) is 11.4. The van der Waals surface area contributed by atoms with Crippen molar-refractivity contribution < 1.29 is 9.53 Å². The first-order chi connectivity index (χ1) is 17.5. The van der Waals surface area contributed by atoms with Crippen LogP contribution in [0.5, 0.6) is 11.6 Å². The van der Waals surface area contributed by atoms with E-state index in [0.717, 1.165) is 23.4 Å². The van der Waals surface area contributed by atoms with E-state index in [-0.39, 0.29) is 11.4 Å². The molecule has 3 N–H and O–H groups in total. The summed E-state index contributed by atoms with van der Waals surface area (Å²) in [4.78, 5) is 25.8. The Bertz CT molecular complexity index is 1380. The number of hydrogen-bond acceptors (Lipinski definition) is 7. The Morgan fingerprint density at radius 1 is 1.11 bits per heavy atom. The van der Waals surface area contributed by atoms with Crippen LogP contribution in [0.4, 0.5) is 5.82 Å². The van der Waals surface area contributed by atoms with E-state index in [4.69, 9.17) is 10.5 Å². The van der Waals surface area contributed by atoms with E-state index >= 15 is 0 Å². The molecule has 1 aromatic carbocycles. The lowest BCUT2D eigenvalue weighted by Crippen LogP contribution is -2.44. The molecule has 1 aliphatic heterocycles. The molecule has 1 amide bonds. The van der Waals surface area contributed by atoms with Gasteiger partial charge in [0.15, 0.2) is 5.65 Å². The highest BCUT2D eigenvalue weighted by atomic mass is 16.5. The van der Waals surface area contributed by atoms with E-state index in [1.54, 1.807) is 6.20 Å². The number of pyridine rings is 1. The molecule has 0 unspecified atom stereocenters. The number of H-pyrrole nitrogens is 1. The lowest BCUT2D eigenvalue weighted by atomic mass is 10.00. The number of benzene rings is 1. The maximum absolute atomic E-state index is 11.4. The number of nitrogens with two attached hydrogens (primary N) is 1. The molecule has 184 valence electrons. The van der Waals surface area contributed by atoms with E-state index in [9.17, 15) is 4.79 Å². The number of aromatic nitrogens is 5. The fourth-order valence-electron chi connectivity index (χ4n) is 4.63. The van der Waals surface area contributed by atoms with Gasteiger partial charge in [-0.05, 0) is 74.9 Å². The second kappa shape index (κ2) is 9.77. The summed E-state index contributed by atoms with van der Waals surface area (Å²) in [6.45, 7) is 6.47. The van der Waals surface area contributed by atoms with E-state index in [0.29, 0.717) is 28.5 Å². The van der Waals surface area contributed by atoms with Crippen LogP contribution in [-0.4, -0.2) is 48.0 Å². The molecule has 1 aliphatic carbocycles. The fourth-order valence-corrected chi connectivity index (χ4v) is 4.63. The Labute approximate surface area is 209 Å². The van der Waals surface area contributed by atoms with E-state index in [1.807, 2.05) is 48.2 Å². The fraction of sp³-hybridized carbons (Fsp3) is 0.296. The van der Waals surface area contributed by atoms with E-state index < -0.39 is 0 Å². The van der Waals surface area contributed by atoms with Crippen molar-refractivity contribution in [3.05, 3.63) is 67.1 Å². The molecule has 0 atom stereocenters. The SMILES string of the molecule is C=CC(=O)N1CCCCC12CC2.Cc1ccc(Oc2ccc(-c3[nH]nc4ncnc(N)c34)cc2)nc1. The molecule has 1 saturated heterocycles. The van der Waals surface area contributed by atoms with Crippen LogP contribution in [0.2, 0.25) is 0 Å². The number of likely N-dealkylation sites (tertiary alicyclic amines) is 1. The molecular weight excluding hydrogens is 454 g/mol. The first-order valence-corrected chi connectivity index (χ1v) is 12.1. The van der Waals surface area contributed by atoms with Gasteiger partial charge in [0.25, 0.3) is 0 Å². The quantitative estimate of drug-likeness (QED) is 0.399. The number of nitrogens with zero attached hydrogens (tertiary/aromatic N) is 5. The van der Waals surface area contributed by atoms with Gasteiger partial charge in [0.05, 0.1) is 11.1 Å². The van der Waals surface area contributed by atoms with Gasteiger partial charge in [0.2, 0.25) is 11.8 Å². The van der Waals surface area contributed by atoms with E-state index in [2.05, 4.69) is 31.7 Å². The van der Waals surface area contributed by atoms with Crippen LogP contribution >= 0.6 is 0 Å². The van der Waals surface area contributed by atoms with Crippen LogP contribution < -0.4 is 10.5 Å². The van der Waals surface area contributed by atoms with Gasteiger partial charge in [-0.3, -0.25) is 9.89 Å². The standard InChI is InChI=1S/C17H14N6O.C10H15NO/c1-10-2-7-13(19-8-10)24-12-5-3-11(4-6-12)15-14-16(18)20-9-21-17(14)23-22-15;1-2-9(12)11-8-4-3-5-10(11)6-7-10/h2-9H,1H3,(H3,18,20,21,22,23);2H,1,3-8H2. The summed E-state index contributed by atoms with van der Waals surface area (Å²) in [5.41, 5.74) is 9.55. The summed E-state index contributed by atoms with van der Waals surface area (Å²) in [6.07, 6.45) is 10.7. The summed E-state index contributed by atoms with van der Waals surface area (Å²) in [7, 11) is 0. The number of piperidine rings is 1. The molecule has 2 fully saturated rings. The van der Waals surface area contributed by atoms with Crippen molar-refractivity contribution in [2.75, 3.05) is 12.3 Å². The second-order valence-corrected chi connectivity index (χ2v) is 9.23. The number of nitrogens with one attached hydrogen (secondary N) is 1. The molecule has 9 nitrogen and oxygen atoms in total. The molecule has 0 radical (unpaired) electrons. The number of carbonyl (C=O) groups excluding carboxylic acids is 1. The van der Waals surface area contributed by atoms with Crippen LogP contribution in [-0.2, 0) is 4.79 Å². The molecule has 4 heterocycles. The number of hydrogen-bond donors (Lipinski definition) is 2. The minimum Gasteiger partial charge on any atom is -0.439 e. The van der Waals surface area contributed by atoms with Crippen molar-refractivity contribution in [1.29, 1.82) is 0 Å². The first-order valence-electron chi connectivity index (χ1n) is 12.1. The monoisotopic (exact) mass is 483 g/mol. The normalized spacial score (nSPS) is 15.8. The molecular formula is C27H29N7O2. The second-order valence-electron chi connectivity index (χ2n) is 9.23. The van der Waals surface area contributed by atoms with Gasteiger partial charge in [0.1, 0.15) is 17.9 Å². The molecule has 1 spiro atoms. The average molecular weight is 484 g/mol. The summed E-state index contributed by atoms with van der Waals surface area (Å²) >= 11 is 0. The molecule has 36 heavy (non-hydrogen) atoms. The molecule has 0 bridgehead atoms. The van der Waals surface area contributed by atoms with Gasteiger partial charge in [0, 0.05) is 29.9 Å². The highest BCUT2D eigenvalue weighted by Crippen LogP contribution is 2.48. The van der Waals surface area contributed by atoms with Gasteiger partial charge < -0.3 is 15.4 Å². The highest BCUT2D eigenvalue weighted by molar-refractivity contribution is 5.97. The molecule has 2 aliphatic rings. The average Bonchev–Trinajstić information content (AvgIpc) is 3.52. The Morgan fingerprint density at radius 2 is 1.92 bits per heavy atom. The van der Waals surface area contributed by atoms with Gasteiger partial charge in [-0.15, -0.1) is 0 Å². The Kier molecular flexibility index (Phi) is 6.37. The Morgan fingerprint density at radius 3 is 2.61 bits per heavy atom. The number of ether oxygens (including phenoxy) is 1. The number of aromatic amines is 1. The van der Waals surface area contributed by atoms with Crippen LogP contribution in [0.25, 0.3) is 22.3 Å². The van der Waals surface area contributed by atoms with Crippen LogP contribution in [0.3, 0.4) is 0 Å². The van der Waals surface area contributed by atoms with Crippen molar-refractivity contribution in [2.24, 2.45) is 0 Å². The Hall–Kier alpha value is -4.27. The largest absolute Gasteiger partial charge is 0.439 e. The van der Waals surface area contributed by atoms with Gasteiger partial charge in [-0.25, -0.2) is 15.0 Å². The third-order valence-corrected chi connectivity index (χ3v) is 6.74. The summed E-state index contributed by atoms with van der Waals surface area (Å²) in [5, 5.41) is 7.83. The third kappa shape index (κ3) is 4.77. The number of carbonyl (C=O) groups is 1. The lowest BCUT2D eigenvalue weighted by molar-refractivity contribution is -0.130. The number of nitrogen functional groups attached to an aromatic ring is 1. The molecule has 6 rings (SSSR count). The molecule has 9 heteroatoms. The predicted octanol–water partition coefficient (Wildman–Crippen LogP) is 4.82. The van der Waals surface area contributed by atoms with Crippen LogP contribution in [0, 0.1) is 6.92 Å². The number of fused-ring (bicyclic) bond motifs is 1. The maximum Gasteiger partial charge on any atom is 0.246 e. The molecule has 1 saturated carbocycles. The molecule has 3 aromatic heterocycles. The van der Waals surface area contributed by atoms with Crippen molar-refractivity contribution in [3.8, 4) is 22.9 Å². The third-order valence-electron chi connectivity index (χ3n) is 6.74. The zero-order chi connectivity index (χ0) is 25.1. The molecule has 4 aromatic rings. The maximum atomic E-state index is 11.4. The first kappa shape index (κ1) is 23.5. The lowest BCUT2D eigenvalue weighted by Gasteiger charge is -2.35. The van der Waals surface area contributed by atoms with E-state index in [1.165, 1.54) is 44.5 Å². The summed E-state index contributed by atoms with van der Waals surface area (Å²) in [5.74, 6) is 1.78. The summed E-state index contributed by atoms with van der Waals surface area (Å²) < 4.78 is 5.73. The van der Waals surface area contributed by atoms with Crippen molar-refractivity contribution in [1.82, 2.24) is 30.0 Å². The van der Waals surface area contributed by atoms with Crippen LogP contribution in [0.15, 0.2) is 61.6 Å². The highest BCUT2D eigenvalue weighted by Gasteiger charge is 2.50. The van der Waals surface area contributed by atoms with Crippen molar-refractivity contribution in [3.63, 3.8) is 0 Å². The van der Waals surface area contributed by atoms with Crippen molar-refractivity contribution >= 4 is 22.8 Å². The predicted molar refractivity (Wildman–Crippen MR) is 138 cm³/mol. The van der Waals surface area contributed by atoms with Crippen LogP contribution in [0.1, 0.15) is 37.7 Å². The zero-order valence-corrected chi connectivity index (χ0v) is 20.3. The minimum atomic E-state index is 0.132. The van der Waals surface area contributed by atoms with Crippen molar-refractivity contribution in [2.45, 2.75) is 44.6 Å². The number of amides is 1.